The van der Waals surface area contributed by atoms with E-state index in [9.17, 15) is 13.2 Å². The third-order valence-electron chi connectivity index (χ3n) is 4.72. The Morgan fingerprint density at radius 1 is 1.15 bits per heavy atom. The highest BCUT2D eigenvalue weighted by atomic mass is 32.2. The molecule has 0 spiro atoms. The van der Waals surface area contributed by atoms with Crippen molar-refractivity contribution in [3.8, 4) is 5.75 Å². The zero-order valence-corrected chi connectivity index (χ0v) is 16.3. The summed E-state index contributed by atoms with van der Waals surface area (Å²) in [5.74, 6) is 0.305. The highest BCUT2D eigenvalue weighted by molar-refractivity contribution is 7.89. The average molecular weight is 388 g/mol. The van der Waals surface area contributed by atoms with Gasteiger partial charge in [-0.3, -0.25) is 4.79 Å². The van der Waals surface area contributed by atoms with Crippen molar-refractivity contribution in [2.45, 2.75) is 37.1 Å². The molecule has 2 aromatic carbocycles. The van der Waals surface area contributed by atoms with E-state index in [0.29, 0.717) is 24.4 Å². The summed E-state index contributed by atoms with van der Waals surface area (Å²) >= 11 is 0. The number of sulfonamides is 1. The number of ether oxygens (including phenoxy) is 1. The van der Waals surface area contributed by atoms with Crippen molar-refractivity contribution in [1.82, 2.24) is 4.31 Å². The third kappa shape index (κ3) is 4.31. The summed E-state index contributed by atoms with van der Waals surface area (Å²) in [5, 5.41) is 2.82. The summed E-state index contributed by atoms with van der Waals surface area (Å²) in [7, 11) is -2.18. The SMILES string of the molecule is COc1cccc(NC(=O)[C@H]2CCCCN2S(=O)(=O)c2ccc(C)cc2)c1. The zero-order chi connectivity index (χ0) is 19.4. The van der Waals surface area contributed by atoms with Crippen LogP contribution in [0.25, 0.3) is 0 Å². The van der Waals surface area contributed by atoms with E-state index >= 15 is 0 Å². The minimum absolute atomic E-state index is 0.217. The molecule has 1 atom stereocenters. The number of methoxy groups -OCH3 is 1. The average Bonchev–Trinajstić information content (AvgIpc) is 2.68. The second kappa shape index (κ2) is 8.10. The van der Waals surface area contributed by atoms with Crippen molar-refractivity contribution >= 4 is 21.6 Å². The first-order chi connectivity index (χ1) is 12.9. The predicted octanol–water partition coefficient (Wildman–Crippen LogP) is 3.19. The normalized spacial score (nSPS) is 18.1. The maximum absolute atomic E-state index is 13.1. The van der Waals surface area contributed by atoms with E-state index in [2.05, 4.69) is 5.32 Å². The lowest BCUT2D eigenvalue weighted by molar-refractivity contribution is -0.120. The Labute approximate surface area is 160 Å². The molecule has 2 aromatic rings. The number of carbonyl (C=O) groups excluding carboxylic acids is 1. The molecule has 1 saturated heterocycles. The first-order valence-electron chi connectivity index (χ1n) is 8.95. The maximum atomic E-state index is 13.1. The first kappa shape index (κ1) is 19.4. The molecule has 0 aromatic heterocycles. The van der Waals surface area contributed by atoms with Crippen LogP contribution in [0.1, 0.15) is 24.8 Å². The minimum Gasteiger partial charge on any atom is -0.497 e. The van der Waals surface area contributed by atoms with Crippen LogP contribution in [0.2, 0.25) is 0 Å². The Balaban J connectivity index is 1.84. The number of aryl methyl sites for hydroxylation is 1. The summed E-state index contributed by atoms with van der Waals surface area (Å²) in [6.45, 7) is 2.24. The van der Waals surface area contributed by atoms with Crippen LogP contribution in [0.15, 0.2) is 53.4 Å². The fourth-order valence-electron chi connectivity index (χ4n) is 3.23. The number of hydrogen-bond acceptors (Lipinski definition) is 4. The van der Waals surface area contributed by atoms with Gasteiger partial charge in [-0.25, -0.2) is 8.42 Å². The lowest BCUT2D eigenvalue weighted by Crippen LogP contribution is -2.49. The van der Waals surface area contributed by atoms with E-state index in [-0.39, 0.29) is 10.8 Å². The summed E-state index contributed by atoms with van der Waals surface area (Å²) in [4.78, 5) is 13.1. The number of hydrogen-bond donors (Lipinski definition) is 1. The Kier molecular flexibility index (Phi) is 5.82. The van der Waals surface area contributed by atoms with Gasteiger partial charge in [0.15, 0.2) is 0 Å². The molecule has 3 rings (SSSR count). The maximum Gasteiger partial charge on any atom is 0.243 e. The summed E-state index contributed by atoms with van der Waals surface area (Å²) in [6.07, 6.45) is 2.06. The van der Waals surface area contributed by atoms with Crippen LogP contribution in [-0.2, 0) is 14.8 Å². The largest absolute Gasteiger partial charge is 0.497 e. The number of carbonyl (C=O) groups is 1. The van der Waals surface area contributed by atoms with Crippen LogP contribution in [0.5, 0.6) is 5.75 Å². The lowest BCUT2D eigenvalue weighted by Gasteiger charge is -2.33. The van der Waals surface area contributed by atoms with E-state index < -0.39 is 16.1 Å². The molecule has 1 heterocycles. The quantitative estimate of drug-likeness (QED) is 0.854. The van der Waals surface area contributed by atoms with Gasteiger partial charge in [0.2, 0.25) is 15.9 Å². The molecule has 0 bridgehead atoms. The second-order valence-electron chi connectivity index (χ2n) is 6.66. The fraction of sp³-hybridized carbons (Fsp3) is 0.350. The summed E-state index contributed by atoms with van der Waals surface area (Å²) < 4.78 is 32.7. The smallest absolute Gasteiger partial charge is 0.243 e. The molecular formula is C20H24N2O4S. The van der Waals surface area contributed by atoms with Gasteiger partial charge in [-0.05, 0) is 44.0 Å². The number of nitrogens with one attached hydrogen (secondary N) is 1. The van der Waals surface area contributed by atoms with E-state index in [1.807, 2.05) is 6.92 Å². The molecule has 7 heteroatoms. The topological polar surface area (TPSA) is 75.7 Å². The predicted molar refractivity (Wildman–Crippen MR) is 104 cm³/mol. The summed E-state index contributed by atoms with van der Waals surface area (Å²) in [5.41, 5.74) is 1.57. The lowest BCUT2D eigenvalue weighted by atomic mass is 10.0. The molecule has 1 aliphatic heterocycles. The molecule has 0 radical (unpaired) electrons. The Hall–Kier alpha value is -2.38. The molecule has 1 fully saturated rings. The number of benzene rings is 2. The first-order valence-corrected chi connectivity index (χ1v) is 10.4. The Morgan fingerprint density at radius 3 is 2.59 bits per heavy atom. The molecule has 27 heavy (non-hydrogen) atoms. The standard InChI is InChI=1S/C20H24N2O4S/c1-15-9-11-18(12-10-15)27(24,25)22-13-4-3-8-19(22)20(23)21-16-6-5-7-17(14-16)26-2/h5-7,9-12,14,19H,3-4,8,13H2,1-2H3,(H,21,23)/t19-/m1/s1. The van der Waals surface area contributed by atoms with Crippen LogP contribution >= 0.6 is 0 Å². The molecule has 1 aliphatic rings. The van der Waals surface area contributed by atoms with Gasteiger partial charge in [0.25, 0.3) is 0 Å². The van der Waals surface area contributed by atoms with Crippen molar-refractivity contribution in [3.63, 3.8) is 0 Å². The number of nitrogens with zero attached hydrogens (tertiary/aromatic N) is 1. The van der Waals surface area contributed by atoms with Crippen molar-refractivity contribution in [3.05, 3.63) is 54.1 Å². The van der Waals surface area contributed by atoms with Gasteiger partial charge in [0.1, 0.15) is 11.8 Å². The molecule has 1 amide bonds. The van der Waals surface area contributed by atoms with Crippen LogP contribution in [0.4, 0.5) is 5.69 Å². The van der Waals surface area contributed by atoms with Gasteiger partial charge in [0, 0.05) is 18.3 Å². The van der Waals surface area contributed by atoms with E-state index in [1.54, 1.807) is 55.6 Å². The fourth-order valence-corrected chi connectivity index (χ4v) is 4.88. The number of rotatable bonds is 5. The number of piperidine rings is 1. The van der Waals surface area contributed by atoms with Crippen LogP contribution in [0, 0.1) is 6.92 Å². The molecule has 6 nitrogen and oxygen atoms in total. The van der Waals surface area contributed by atoms with Crippen LogP contribution in [-0.4, -0.2) is 38.3 Å². The Bertz CT molecular complexity index is 910. The van der Waals surface area contributed by atoms with Crippen molar-refractivity contribution < 1.29 is 17.9 Å². The van der Waals surface area contributed by atoms with Gasteiger partial charge < -0.3 is 10.1 Å². The van der Waals surface area contributed by atoms with Gasteiger partial charge in [-0.15, -0.1) is 0 Å². The number of anilines is 1. The van der Waals surface area contributed by atoms with E-state index in [0.717, 1.165) is 18.4 Å². The molecule has 0 aliphatic carbocycles. The molecule has 0 saturated carbocycles. The molecular weight excluding hydrogens is 364 g/mol. The van der Waals surface area contributed by atoms with Crippen LogP contribution in [0.3, 0.4) is 0 Å². The van der Waals surface area contributed by atoms with Gasteiger partial charge in [0.05, 0.1) is 12.0 Å². The van der Waals surface area contributed by atoms with E-state index in [4.69, 9.17) is 4.74 Å². The van der Waals surface area contributed by atoms with E-state index in [1.165, 1.54) is 4.31 Å². The zero-order valence-electron chi connectivity index (χ0n) is 15.5. The molecule has 144 valence electrons. The molecule has 1 N–H and O–H groups in total. The van der Waals surface area contributed by atoms with Crippen molar-refractivity contribution in [2.75, 3.05) is 19.0 Å². The van der Waals surface area contributed by atoms with Gasteiger partial charge >= 0.3 is 0 Å². The van der Waals surface area contributed by atoms with Crippen molar-refractivity contribution in [1.29, 1.82) is 0 Å². The second-order valence-corrected chi connectivity index (χ2v) is 8.55. The highest BCUT2D eigenvalue weighted by Crippen LogP contribution is 2.27. The third-order valence-corrected chi connectivity index (χ3v) is 6.64. The highest BCUT2D eigenvalue weighted by Gasteiger charge is 2.37. The van der Waals surface area contributed by atoms with Crippen LogP contribution < -0.4 is 10.1 Å². The minimum atomic E-state index is -3.73. The molecule has 0 unspecified atom stereocenters. The van der Waals surface area contributed by atoms with Gasteiger partial charge in [-0.1, -0.05) is 30.2 Å². The summed E-state index contributed by atoms with van der Waals surface area (Å²) in [6, 6.07) is 13.0. The monoisotopic (exact) mass is 388 g/mol. The van der Waals surface area contributed by atoms with Crippen molar-refractivity contribution in [2.24, 2.45) is 0 Å². The Morgan fingerprint density at radius 2 is 1.89 bits per heavy atom. The van der Waals surface area contributed by atoms with Gasteiger partial charge in [-0.2, -0.15) is 4.31 Å². The number of amides is 1.